The van der Waals surface area contributed by atoms with Crippen LogP contribution in [0.3, 0.4) is 0 Å². The van der Waals surface area contributed by atoms with Gasteiger partial charge in [0, 0.05) is 12.1 Å². The van der Waals surface area contributed by atoms with Crippen LogP contribution in [0.4, 0.5) is 10.1 Å². The van der Waals surface area contributed by atoms with Crippen molar-refractivity contribution in [3.63, 3.8) is 0 Å². The lowest BCUT2D eigenvalue weighted by atomic mass is 10.0. The van der Waals surface area contributed by atoms with E-state index in [2.05, 4.69) is 5.32 Å². The first-order valence-electron chi connectivity index (χ1n) is 4.85. The Morgan fingerprint density at radius 2 is 2.25 bits per heavy atom. The van der Waals surface area contributed by atoms with Gasteiger partial charge in [0.25, 0.3) is 0 Å². The highest BCUT2D eigenvalue weighted by molar-refractivity contribution is 5.85. The lowest BCUT2D eigenvalue weighted by Gasteiger charge is -2.09. The highest BCUT2D eigenvalue weighted by Gasteiger charge is 2.21. The first-order valence-corrected chi connectivity index (χ1v) is 4.85. The fraction of sp³-hybridized carbons (Fsp3) is 0.400. The number of rotatable bonds is 2. The van der Waals surface area contributed by atoms with Gasteiger partial charge in [-0.3, -0.25) is 10.1 Å². The summed E-state index contributed by atoms with van der Waals surface area (Å²) in [5.74, 6) is -0.776. The molecule has 1 aromatic rings. The predicted octanol–water partition coefficient (Wildman–Crippen LogP) is 2.58. The first-order chi connectivity index (χ1) is 7.18. The molecule has 88 valence electrons. The second-order valence-electron chi connectivity index (χ2n) is 3.62. The molecule has 16 heavy (non-hydrogen) atoms. The van der Waals surface area contributed by atoms with Crippen LogP contribution < -0.4 is 5.32 Å². The van der Waals surface area contributed by atoms with Crippen LogP contribution in [-0.4, -0.2) is 11.5 Å². The Hall–Kier alpha value is -1.20. The van der Waals surface area contributed by atoms with E-state index in [-0.39, 0.29) is 18.4 Å². The number of nitro benzene ring substituents is 1. The third kappa shape index (κ3) is 2.48. The standard InChI is InChI=1S/C10H11FN2O2.ClH/c11-8-4-3-7(6-10(8)13(14)15)9-2-1-5-12-9;/h3-4,6,9,12H,1-2,5H2;1H/t9-;/m0./s1. The molecule has 0 bridgehead atoms. The minimum atomic E-state index is -0.776. The van der Waals surface area contributed by atoms with Gasteiger partial charge in [-0.25, -0.2) is 0 Å². The summed E-state index contributed by atoms with van der Waals surface area (Å²) < 4.78 is 13.0. The SMILES string of the molecule is Cl.O=[N+]([O-])c1cc([C@@H]2CCCN2)ccc1F. The molecule has 2 rings (SSSR count). The zero-order valence-electron chi connectivity index (χ0n) is 8.48. The summed E-state index contributed by atoms with van der Waals surface area (Å²) in [5, 5.41) is 13.7. The van der Waals surface area contributed by atoms with Crippen molar-refractivity contribution in [1.82, 2.24) is 5.32 Å². The second-order valence-corrected chi connectivity index (χ2v) is 3.62. The van der Waals surface area contributed by atoms with Crippen LogP contribution in [0.2, 0.25) is 0 Å². The lowest BCUT2D eigenvalue weighted by Crippen LogP contribution is -2.13. The molecule has 1 aromatic carbocycles. The molecule has 0 spiro atoms. The minimum absolute atomic E-state index is 0. The van der Waals surface area contributed by atoms with E-state index in [9.17, 15) is 14.5 Å². The van der Waals surface area contributed by atoms with Gasteiger partial charge < -0.3 is 5.32 Å². The molecule has 1 aliphatic rings. The fourth-order valence-electron chi connectivity index (χ4n) is 1.86. The van der Waals surface area contributed by atoms with Gasteiger partial charge >= 0.3 is 5.69 Å². The third-order valence-electron chi connectivity index (χ3n) is 2.63. The molecule has 0 unspecified atom stereocenters. The Labute approximate surface area is 98.4 Å². The van der Waals surface area contributed by atoms with E-state index in [1.165, 1.54) is 6.07 Å². The Morgan fingerprint density at radius 3 is 2.81 bits per heavy atom. The van der Waals surface area contributed by atoms with Gasteiger partial charge in [0.05, 0.1) is 4.92 Å². The van der Waals surface area contributed by atoms with Crippen LogP contribution in [0.25, 0.3) is 0 Å². The number of halogens is 2. The average molecular weight is 247 g/mol. The Bertz CT molecular complexity index is 394. The molecule has 1 atom stereocenters. The predicted molar refractivity (Wildman–Crippen MR) is 60.3 cm³/mol. The van der Waals surface area contributed by atoms with Crippen LogP contribution in [-0.2, 0) is 0 Å². The number of hydrogen-bond donors (Lipinski definition) is 1. The van der Waals surface area contributed by atoms with Gasteiger partial charge in [0.1, 0.15) is 0 Å². The van der Waals surface area contributed by atoms with Crippen LogP contribution in [0.1, 0.15) is 24.4 Å². The zero-order valence-corrected chi connectivity index (χ0v) is 9.30. The molecule has 0 aliphatic carbocycles. The molecule has 1 fully saturated rings. The van der Waals surface area contributed by atoms with Crippen molar-refractivity contribution in [3.05, 3.63) is 39.7 Å². The number of hydrogen-bond acceptors (Lipinski definition) is 3. The summed E-state index contributed by atoms with van der Waals surface area (Å²) >= 11 is 0. The molecule has 6 heteroatoms. The summed E-state index contributed by atoms with van der Waals surface area (Å²) in [5.41, 5.74) is 0.349. The van der Waals surface area contributed by atoms with Gasteiger partial charge in [-0.1, -0.05) is 6.07 Å². The smallest absolute Gasteiger partial charge is 0.305 e. The molecule has 4 nitrogen and oxygen atoms in total. The molecule has 0 radical (unpaired) electrons. The van der Waals surface area contributed by atoms with Crippen molar-refractivity contribution < 1.29 is 9.31 Å². The molecule has 1 heterocycles. The minimum Gasteiger partial charge on any atom is -0.310 e. The highest BCUT2D eigenvalue weighted by atomic mass is 35.5. The molecular weight excluding hydrogens is 235 g/mol. The van der Waals surface area contributed by atoms with Crippen molar-refractivity contribution in [2.45, 2.75) is 18.9 Å². The van der Waals surface area contributed by atoms with Gasteiger partial charge in [-0.15, -0.1) is 12.4 Å². The molecule has 0 saturated carbocycles. The Morgan fingerprint density at radius 1 is 1.50 bits per heavy atom. The van der Waals surface area contributed by atoms with E-state index >= 15 is 0 Å². The van der Waals surface area contributed by atoms with Crippen molar-refractivity contribution in [2.75, 3.05) is 6.54 Å². The van der Waals surface area contributed by atoms with Gasteiger partial charge in [0.2, 0.25) is 5.82 Å². The fourth-order valence-corrected chi connectivity index (χ4v) is 1.86. The summed E-state index contributed by atoms with van der Waals surface area (Å²) in [6.07, 6.45) is 2.00. The van der Waals surface area contributed by atoms with Crippen LogP contribution in [0, 0.1) is 15.9 Å². The highest BCUT2D eigenvalue weighted by Crippen LogP contribution is 2.27. The number of nitrogens with one attached hydrogen (secondary N) is 1. The number of nitro groups is 1. The van der Waals surface area contributed by atoms with Crippen LogP contribution in [0.15, 0.2) is 18.2 Å². The molecule has 1 saturated heterocycles. The summed E-state index contributed by atoms with van der Waals surface area (Å²) in [6.45, 7) is 0.913. The van der Waals surface area contributed by atoms with Crippen LogP contribution in [0.5, 0.6) is 0 Å². The molecular formula is C10H12ClFN2O2. The van der Waals surface area contributed by atoms with Crippen molar-refractivity contribution >= 4 is 18.1 Å². The van der Waals surface area contributed by atoms with Crippen LogP contribution >= 0.6 is 12.4 Å². The van der Waals surface area contributed by atoms with E-state index in [1.807, 2.05) is 0 Å². The summed E-state index contributed by atoms with van der Waals surface area (Å²) in [6, 6.07) is 4.21. The normalized spacial score (nSPS) is 19.2. The average Bonchev–Trinajstić information content (AvgIpc) is 2.71. The lowest BCUT2D eigenvalue weighted by molar-refractivity contribution is -0.387. The Balaban J connectivity index is 0.00000128. The second kappa shape index (κ2) is 5.23. The van der Waals surface area contributed by atoms with E-state index in [4.69, 9.17) is 0 Å². The van der Waals surface area contributed by atoms with Crippen molar-refractivity contribution in [2.24, 2.45) is 0 Å². The molecule has 1 N–H and O–H groups in total. The zero-order chi connectivity index (χ0) is 10.8. The van der Waals surface area contributed by atoms with Gasteiger partial charge in [-0.2, -0.15) is 4.39 Å². The Kier molecular flexibility index (Phi) is 4.20. The van der Waals surface area contributed by atoms with E-state index < -0.39 is 16.4 Å². The van der Waals surface area contributed by atoms with Crippen molar-refractivity contribution in [3.8, 4) is 0 Å². The monoisotopic (exact) mass is 246 g/mol. The maximum absolute atomic E-state index is 13.0. The van der Waals surface area contributed by atoms with Crippen molar-refractivity contribution in [1.29, 1.82) is 0 Å². The van der Waals surface area contributed by atoms with E-state index in [0.29, 0.717) is 0 Å². The topological polar surface area (TPSA) is 55.2 Å². The summed E-state index contributed by atoms with van der Waals surface area (Å²) in [4.78, 5) is 9.85. The quantitative estimate of drug-likeness (QED) is 0.645. The number of nitrogens with zero attached hydrogens (tertiary/aromatic N) is 1. The molecule has 0 aromatic heterocycles. The van der Waals surface area contributed by atoms with E-state index in [1.54, 1.807) is 6.07 Å². The molecule has 0 amide bonds. The molecule has 1 aliphatic heterocycles. The van der Waals surface area contributed by atoms with Gasteiger partial charge in [0.15, 0.2) is 0 Å². The number of benzene rings is 1. The van der Waals surface area contributed by atoms with Gasteiger partial charge in [-0.05, 0) is 31.0 Å². The maximum atomic E-state index is 13.0. The third-order valence-corrected chi connectivity index (χ3v) is 2.63. The maximum Gasteiger partial charge on any atom is 0.305 e. The summed E-state index contributed by atoms with van der Waals surface area (Å²) in [7, 11) is 0. The largest absolute Gasteiger partial charge is 0.310 e. The van der Waals surface area contributed by atoms with E-state index in [0.717, 1.165) is 31.0 Å². The first kappa shape index (κ1) is 12.9.